The molecular weight excluding hydrogens is 142 g/mol. The number of carboxylic acid groups (broad SMARTS) is 1. The average Bonchev–Trinajstić information content (AvgIpc) is 2.05. The third-order valence-electron chi connectivity index (χ3n) is 2.33. The van der Waals surface area contributed by atoms with E-state index in [9.17, 15) is 4.79 Å². The van der Waals surface area contributed by atoms with E-state index in [2.05, 4.69) is 0 Å². The topological polar surface area (TPSA) is 61.1 Å². The number of aliphatic carboxylic acids is 1. The summed E-state index contributed by atoms with van der Waals surface area (Å²) in [7, 11) is 0. The van der Waals surface area contributed by atoms with Crippen LogP contribution in [0.25, 0.3) is 0 Å². The molecular formula is C8H11NO2. The molecule has 3 heteroatoms. The number of rotatable bonds is 1. The highest BCUT2D eigenvalue weighted by atomic mass is 16.4. The van der Waals surface area contributed by atoms with Crippen LogP contribution in [-0.4, -0.2) is 11.1 Å². The SMILES string of the molecule is N#CC1(C(=O)O)CCCCC1. The van der Waals surface area contributed by atoms with Crippen molar-refractivity contribution in [2.45, 2.75) is 32.1 Å². The van der Waals surface area contributed by atoms with Crippen LogP contribution >= 0.6 is 0 Å². The predicted octanol–water partition coefficient (Wildman–Crippen LogP) is 1.55. The molecule has 0 bridgehead atoms. The Bertz CT molecular complexity index is 199. The van der Waals surface area contributed by atoms with Crippen molar-refractivity contribution < 1.29 is 9.90 Å². The first kappa shape index (κ1) is 8.06. The molecule has 1 aliphatic rings. The van der Waals surface area contributed by atoms with Crippen LogP contribution < -0.4 is 0 Å². The first-order valence-electron chi connectivity index (χ1n) is 3.86. The standard InChI is InChI=1S/C8H11NO2/c9-6-8(7(10)11)4-2-1-3-5-8/h1-5H2,(H,10,11). The van der Waals surface area contributed by atoms with Crippen LogP contribution in [0.4, 0.5) is 0 Å². The first-order chi connectivity index (χ1) is 5.21. The Balaban J connectivity index is 2.75. The van der Waals surface area contributed by atoms with Crippen molar-refractivity contribution in [3.63, 3.8) is 0 Å². The fraction of sp³-hybridized carbons (Fsp3) is 0.750. The van der Waals surface area contributed by atoms with Gasteiger partial charge in [0.05, 0.1) is 6.07 Å². The smallest absolute Gasteiger partial charge is 0.324 e. The van der Waals surface area contributed by atoms with Crippen LogP contribution in [-0.2, 0) is 4.79 Å². The number of nitrogens with zero attached hydrogens (tertiary/aromatic N) is 1. The van der Waals surface area contributed by atoms with Crippen molar-refractivity contribution in [3.05, 3.63) is 0 Å². The normalized spacial score (nSPS) is 22.1. The molecule has 1 fully saturated rings. The van der Waals surface area contributed by atoms with E-state index < -0.39 is 11.4 Å². The van der Waals surface area contributed by atoms with Crippen LogP contribution in [0, 0.1) is 16.7 Å². The molecule has 0 atom stereocenters. The molecule has 0 unspecified atom stereocenters. The van der Waals surface area contributed by atoms with Gasteiger partial charge in [0, 0.05) is 0 Å². The summed E-state index contributed by atoms with van der Waals surface area (Å²) >= 11 is 0. The molecule has 1 N–H and O–H groups in total. The van der Waals surface area contributed by atoms with Gasteiger partial charge in [-0.3, -0.25) is 4.79 Å². The van der Waals surface area contributed by atoms with Gasteiger partial charge in [-0.2, -0.15) is 5.26 Å². The van der Waals surface area contributed by atoms with E-state index in [1.54, 1.807) is 0 Å². The summed E-state index contributed by atoms with van der Waals surface area (Å²) < 4.78 is 0. The van der Waals surface area contributed by atoms with E-state index in [-0.39, 0.29) is 0 Å². The minimum Gasteiger partial charge on any atom is -0.480 e. The van der Waals surface area contributed by atoms with E-state index >= 15 is 0 Å². The zero-order valence-electron chi connectivity index (χ0n) is 6.34. The molecule has 0 aliphatic heterocycles. The number of hydrogen-bond acceptors (Lipinski definition) is 2. The van der Waals surface area contributed by atoms with Crippen molar-refractivity contribution in [2.75, 3.05) is 0 Å². The summed E-state index contributed by atoms with van der Waals surface area (Å²) in [5.74, 6) is -0.945. The molecule has 1 saturated carbocycles. The molecule has 1 rings (SSSR count). The third kappa shape index (κ3) is 1.35. The molecule has 0 amide bonds. The summed E-state index contributed by atoms with van der Waals surface area (Å²) in [5, 5.41) is 17.4. The Hall–Kier alpha value is -1.04. The maximum absolute atomic E-state index is 10.7. The van der Waals surface area contributed by atoms with Crippen LogP contribution in [0.2, 0.25) is 0 Å². The number of nitriles is 1. The lowest BCUT2D eigenvalue weighted by Crippen LogP contribution is -2.31. The largest absolute Gasteiger partial charge is 0.480 e. The lowest BCUT2D eigenvalue weighted by atomic mass is 9.75. The highest BCUT2D eigenvalue weighted by molar-refractivity contribution is 5.78. The van der Waals surface area contributed by atoms with Gasteiger partial charge in [0.15, 0.2) is 5.41 Å². The van der Waals surface area contributed by atoms with Gasteiger partial charge in [0.1, 0.15) is 0 Å². The highest BCUT2D eigenvalue weighted by Crippen LogP contribution is 2.35. The molecule has 0 saturated heterocycles. The lowest BCUT2D eigenvalue weighted by molar-refractivity contribution is -0.147. The van der Waals surface area contributed by atoms with Gasteiger partial charge in [-0.05, 0) is 12.8 Å². The molecule has 60 valence electrons. The minimum atomic E-state index is -1.06. The van der Waals surface area contributed by atoms with E-state index in [4.69, 9.17) is 10.4 Å². The third-order valence-corrected chi connectivity index (χ3v) is 2.33. The van der Waals surface area contributed by atoms with Crippen molar-refractivity contribution in [1.82, 2.24) is 0 Å². The van der Waals surface area contributed by atoms with Crippen molar-refractivity contribution in [3.8, 4) is 6.07 Å². The van der Waals surface area contributed by atoms with Gasteiger partial charge in [-0.25, -0.2) is 0 Å². The molecule has 1 aliphatic carbocycles. The van der Waals surface area contributed by atoms with Gasteiger partial charge in [-0.15, -0.1) is 0 Å². The molecule has 3 nitrogen and oxygen atoms in total. The monoisotopic (exact) mass is 153 g/mol. The van der Waals surface area contributed by atoms with Crippen molar-refractivity contribution in [1.29, 1.82) is 5.26 Å². The predicted molar refractivity (Wildman–Crippen MR) is 38.8 cm³/mol. The average molecular weight is 153 g/mol. The first-order valence-corrected chi connectivity index (χ1v) is 3.86. The molecule has 0 spiro atoms. The summed E-state index contributed by atoms with van der Waals surface area (Å²) in [4.78, 5) is 10.7. The molecule has 0 heterocycles. The maximum atomic E-state index is 10.7. The fourth-order valence-electron chi connectivity index (χ4n) is 1.53. The minimum absolute atomic E-state index is 0.527. The zero-order chi connectivity index (χ0) is 8.32. The summed E-state index contributed by atoms with van der Waals surface area (Å²) in [5.41, 5.74) is -1.06. The maximum Gasteiger partial charge on any atom is 0.324 e. The molecule has 11 heavy (non-hydrogen) atoms. The Kier molecular flexibility index (Phi) is 2.13. The van der Waals surface area contributed by atoms with Crippen molar-refractivity contribution >= 4 is 5.97 Å². The molecule has 0 radical (unpaired) electrons. The van der Waals surface area contributed by atoms with Crippen molar-refractivity contribution in [2.24, 2.45) is 5.41 Å². The number of carboxylic acids is 1. The number of carbonyl (C=O) groups is 1. The van der Waals surface area contributed by atoms with Gasteiger partial charge < -0.3 is 5.11 Å². The Morgan fingerprint density at radius 2 is 1.91 bits per heavy atom. The van der Waals surface area contributed by atoms with E-state index in [1.165, 1.54) is 0 Å². The van der Waals surface area contributed by atoms with Gasteiger partial charge >= 0.3 is 5.97 Å². The lowest BCUT2D eigenvalue weighted by Gasteiger charge is -2.25. The van der Waals surface area contributed by atoms with Gasteiger partial charge in [0.2, 0.25) is 0 Å². The summed E-state index contributed by atoms with van der Waals surface area (Å²) in [6.07, 6.45) is 3.87. The highest BCUT2D eigenvalue weighted by Gasteiger charge is 2.39. The van der Waals surface area contributed by atoms with Crippen LogP contribution in [0.3, 0.4) is 0 Å². The van der Waals surface area contributed by atoms with Gasteiger partial charge in [0.25, 0.3) is 0 Å². The number of hydrogen-bond donors (Lipinski definition) is 1. The Morgan fingerprint density at radius 1 is 1.36 bits per heavy atom. The quantitative estimate of drug-likeness (QED) is 0.621. The fourth-order valence-corrected chi connectivity index (χ4v) is 1.53. The van der Waals surface area contributed by atoms with E-state index in [1.807, 2.05) is 6.07 Å². The Labute approximate surface area is 65.6 Å². The molecule has 0 aromatic rings. The Morgan fingerprint density at radius 3 is 2.18 bits per heavy atom. The van der Waals surface area contributed by atoms with Crippen LogP contribution in [0.15, 0.2) is 0 Å². The van der Waals surface area contributed by atoms with Gasteiger partial charge in [-0.1, -0.05) is 19.3 Å². The van der Waals surface area contributed by atoms with E-state index in [0.29, 0.717) is 12.8 Å². The second-order valence-corrected chi connectivity index (χ2v) is 3.06. The van der Waals surface area contributed by atoms with Crippen LogP contribution in [0.5, 0.6) is 0 Å². The zero-order valence-corrected chi connectivity index (χ0v) is 6.34. The second kappa shape index (κ2) is 2.91. The molecule has 0 aromatic carbocycles. The summed E-state index contributed by atoms with van der Waals surface area (Å²) in [6.45, 7) is 0. The van der Waals surface area contributed by atoms with E-state index in [0.717, 1.165) is 19.3 Å². The molecule has 0 aromatic heterocycles. The second-order valence-electron chi connectivity index (χ2n) is 3.06. The summed E-state index contributed by atoms with van der Waals surface area (Å²) in [6, 6.07) is 1.92. The van der Waals surface area contributed by atoms with Crippen LogP contribution in [0.1, 0.15) is 32.1 Å².